The van der Waals surface area contributed by atoms with Crippen molar-refractivity contribution in [3.8, 4) is 11.1 Å². The van der Waals surface area contributed by atoms with Crippen LogP contribution < -0.4 is 0 Å². The molecule has 0 aliphatic rings. The van der Waals surface area contributed by atoms with Crippen LogP contribution in [0.5, 0.6) is 0 Å². The van der Waals surface area contributed by atoms with Gasteiger partial charge in [-0.25, -0.2) is 4.98 Å². The van der Waals surface area contributed by atoms with Crippen LogP contribution in [0.15, 0.2) is 83.3 Å². The van der Waals surface area contributed by atoms with E-state index in [1.54, 1.807) is 0 Å². The summed E-state index contributed by atoms with van der Waals surface area (Å²) in [6.07, 6.45) is 0. The van der Waals surface area contributed by atoms with Gasteiger partial charge in [-0.15, -0.1) is 0 Å². The van der Waals surface area contributed by atoms with Crippen molar-refractivity contribution in [3.05, 3.63) is 88.9 Å². The Morgan fingerprint density at radius 3 is 2.29 bits per heavy atom. The van der Waals surface area contributed by atoms with Crippen LogP contribution >= 0.6 is 15.9 Å². The third-order valence-corrected chi connectivity index (χ3v) is 6.15. The molecule has 0 unspecified atom stereocenters. The number of halogens is 1. The molecule has 0 N–H and O–H groups in total. The SMILES string of the molecule is CC(C)c1cccc2c(-c3cccc4cccc(Br)c34)c3ccccc3nc12. The highest BCUT2D eigenvalue weighted by Crippen LogP contribution is 2.41. The molecule has 0 bridgehead atoms. The summed E-state index contributed by atoms with van der Waals surface area (Å²) in [4.78, 5) is 5.08. The Morgan fingerprint density at radius 1 is 0.750 bits per heavy atom. The van der Waals surface area contributed by atoms with Crippen LogP contribution in [0.1, 0.15) is 25.3 Å². The number of benzene rings is 4. The fourth-order valence-corrected chi connectivity index (χ4v) is 4.79. The molecule has 2 heteroatoms. The summed E-state index contributed by atoms with van der Waals surface area (Å²) in [5.41, 5.74) is 5.95. The monoisotopic (exact) mass is 425 g/mol. The van der Waals surface area contributed by atoms with Gasteiger partial charge in [0.25, 0.3) is 0 Å². The topological polar surface area (TPSA) is 12.9 Å². The number of hydrogen-bond acceptors (Lipinski definition) is 1. The van der Waals surface area contributed by atoms with Crippen LogP contribution in [-0.4, -0.2) is 4.98 Å². The predicted molar refractivity (Wildman–Crippen MR) is 124 cm³/mol. The molecule has 0 spiro atoms. The lowest BCUT2D eigenvalue weighted by atomic mass is 9.90. The van der Waals surface area contributed by atoms with E-state index in [1.165, 1.54) is 38.2 Å². The average Bonchev–Trinajstić information content (AvgIpc) is 2.71. The van der Waals surface area contributed by atoms with Crippen molar-refractivity contribution >= 4 is 48.5 Å². The quantitative estimate of drug-likeness (QED) is 0.260. The van der Waals surface area contributed by atoms with Gasteiger partial charge < -0.3 is 0 Å². The van der Waals surface area contributed by atoms with Crippen LogP contribution in [-0.2, 0) is 0 Å². The van der Waals surface area contributed by atoms with E-state index in [0.29, 0.717) is 5.92 Å². The number of pyridine rings is 1. The van der Waals surface area contributed by atoms with Crippen LogP contribution in [0.2, 0.25) is 0 Å². The highest BCUT2D eigenvalue weighted by atomic mass is 79.9. The first-order chi connectivity index (χ1) is 13.6. The first-order valence-corrected chi connectivity index (χ1v) is 10.4. The third kappa shape index (κ3) is 2.63. The van der Waals surface area contributed by atoms with E-state index in [0.717, 1.165) is 15.5 Å². The third-order valence-electron chi connectivity index (χ3n) is 5.49. The van der Waals surface area contributed by atoms with E-state index >= 15 is 0 Å². The molecule has 0 saturated heterocycles. The first kappa shape index (κ1) is 17.4. The Balaban J connectivity index is 2.04. The molecule has 0 saturated carbocycles. The molecule has 0 aliphatic heterocycles. The fraction of sp³-hybridized carbons (Fsp3) is 0.115. The maximum atomic E-state index is 5.08. The van der Waals surface area contributed by atoms with Gasteiger partial charge in [-0.2, -0.15) is 0 Å². The standard InChI is InChI=1S/C26H20BrN/c1-16(2)18-11-7-13-21-25(19-10-3-4-15-23(19)28-26(18)21)20-12-5-8-17-9-6-14-22(27)24(17)20/h3-16H,1-2H3. The van der Waals surface area contributed by atoms with Gasteiger partial charge in [-0.1, -0.05) is 96.5 Å². The van der Waals surface area contributed by atoms with Gasteiger partial charge in [0.05, 0.1) is 11.0 Å². The van der Waals surface area contributed by atoms with Crippen molar-refractivity contribution in [1.82, 2.24) is 4.98 Å². The van der Waals surface area contributed by atoms with Crippen LogP contribution in [0.3, 0.4) is 0 Å². The Hall–Kier alpha value is -2.71. The van der Waals surface area contributed by atoms with E-state index in [-0.39, 0.29) is 0 Å². The van der Waals surface area contributed by atoms with E-state index in [2.05, 4.69) is 109 Å². The number of rotatable bonds is 2. The summed E-state index contributed by atoms with van der Waals surface area (Å²) < 4.78 is 1.12. The zero-order valence-corrected chi connectivity index (χ0v) is 17.5. The van der Waals surface area contributed by atoms with Crippen molar-refractivity contribution in [3.63, 3.8) is 0 Å². The van der Waals surface area contributed by atoms with E-state index in [1.807, 2.05) is 0 Å². The summed E-state index contributed by atoms with van der Waals surface area (Å²) in [6, 6.07) is 28.0. The molecule has 1 aromatic heterocycles. The second-order valence-electron chi connectivity index (χ2n) is 7.55. The maximum absolute atomic E-state index is 5.08. The lowest BCUT2D eigenvalue weighted by molar-refractivity contribution is 0.873. The summed E-state index contributed by atoms with van der Waals surface area (Å²) in [6.45, 7) is 4.47. The molecule has 0 radical (unpaired) electrons. The second kappa shape index (κ2) is 6.72. The van der Waals surface area contributed by atoms with Gasteiger partial charge >= 0.3 is 0 Å². The van der Waals surface area contributed by atoms with E-state index in [4.69, 9.17) is 4.98 Å². The molecule has 5 aromatic rings. The van der Waals surface area contributed by atoms with Gasteiger partial charge in [-0.05, 0) is 34.6 Å². The number of aromatic nitrogens is 1. The van der Waals surface area contributed by atoms with Crippen molar-refractivity contribution in [2.24, 2.45) is 0 Å². The number of fused-ring (bicyclic) bond motifs is 3. The van der Waals surface area contributed by atoms with Gasteiger partial charge in [0, 0.05) is 26.2 Å². The molecule has 0 amide bonds. The van der Waals surface area contributed by atoms with E-state index in [9.17, 15) is 0 Å². The zero-order valence-electron chi connectivity index (χ0n) is 15.9. The van der Waals surface area contributed by atoms with Crippen molar-refractivity contribution in [2.75, 3.05) is 0 Å². The molecule has 136 valence electrons. The number of hydrogen-bond donors (Lipinski definition) is 0. The first-order valence-electron chi connectivity index (χ1n) is 9.64. The lowest BCUT2D eigenvalue weighted by Gasteiger charge is -2.17. The minimum atomic E-state index is 0.421. The van der Waals surface area contributed by atoms with Gasteiger partial charge in [0.2, 0.25) is 0 Å². The molecular formula is C26H20BrN. The maximum Gasteiger partial charge on any atom is 0.0750 e. The molecule has 5 rings (SSSR count). The predicted octanol–water partition coefficient (Wildman–Crippen LogP) is 8.09. The molecule has 0 fully saturated rings. The molecular weight excluding hydrogens is 406 g/mol. The molecule has 0 atom stereocenters. The molecule has 4 aromatic carbocycles. The van der Waals surface area contributed by atoms with E-state index < -0.39 is 0 Å². The van der Waals surface area contributed by atoms with Crippen LogP contribution in [0, 0.1) is 0 Å². The Kier molecular flexibility index (Phi) is 4.17. The van der Waals surface area contributed by atoms with Crippen molar-refractivity contribution < 1.29 is 0 Å². The lowest BCUT2D eigenvalue weighted by Crippen LogP contribution is -1.96. The normalized spacial score (nSPS) is 11.7. The Morgan fingerprint density at radius 2 is 1.46 bits per heavy atom. The van der Waals surface area contributed by atoms with Gasteiger partial charge in [0.15, 0.2) is 0 Å². The summed E-state index contributed by atoms with van der Waals surface area (Å²) in [5, 5.41) is 4.89. The summed E-state index contributed by atoms with van der Waals surface area (Å²) in [7, 11) is 0. The van der Waals surface area contributed by atoms with Crippen molar-refractivity contribution in [1.29, 1.82) is 0 Å². The largest absolute Gasteiger partial charge is 0.247 e. The minimum Gasteiger partial charge on any atom is -0.247 e. The summed E-state index contributed by atoms with van der Waals surface area (Å²) >= 11 is 3.80. The van der Waals surface area contributed by atoms with Crippen LogP contribution in [0.25, 0.3) is 43.7 Å². The fourth-order valence-electron chi connectivity index (χ4n) is 4.20. The number of para-hydroxylation sites is 2. The minimum absolute atomic E-state index is 0.421. The average molecular weight is 426 g/mol. The summed E-state index contributed by atoms with van der Waals surface area (Å²) in [5.74, 6) is 0.421. The molecule has 1 nitrogen and oxygen atoms in total. The highest BCUT2D eigenvalue weighted by molar-refractivity contribution is 9.10. The number of nitrogens with zero attached hydrogens (tertiary/aromatic N) is 1. The molecule has 28 heavy (non-hydrogen) atoms. The molecule has 0 aliphatic carbocycles. The van der Waals surface area contributed by atoms with Gasteiger partial charge in [-0.3, -0.25) is 0 Å². The molecule has 1 heterocycles. The Labute approximate surface area is 173 Å². The second-order valence-corrected chi connectivity index (χ2v) is 8.40. The zero-order chi connectivity index (χ0) is 19.3. The Bertz CT molecular complexity index is 1350. The van der Waals surface area contributed by atoms with Gasteiger partial charge in [0.1, 0.15) is 0 Å². The highest BCUT2D eigenvalue weighted by Gasteiger charge is 2.17. The van der Waals surface area contributed by atoms with Crippen molar-refractivity contribution in [2.45, 2.75) is 19.8 Å². The smallest absolute Gasteiger partial charge is 0.0750 e. The van der Waals surface area contributed by atoms with Crippen LogP contribution in [0.4, 0.5) is 0 Å².